The fourth-order valence-electron chi connectivity index (χ4n) is 1.84. The van der Waals surface area contributed by atoms with Gasteiger partial charge in [-0.1, -0.05) is 42.5 Å². The molecular weight excluding hydrogens is 200 g/mol. The second kappa shape index (κ2) is 3.38. The molecule has 0 spiro atoms. The van der Waals surface area contributed by atoms with E-state index in [9.17, 15) is 5.11 Å². The summed E-state index contributed by atoms with van der Waals surface area (Å²) in [4.78, 5) is 0. The molecule has 78 valence electrons. The molecule has 0 saturated heterocycles. The van der Waals surface area contributed by atoms with E-state index in [4.69, 9.17) is 0 Å². The van der Waals surface area contributed by atoms with Gasteiger partial charge in [-0.05, 0) is 6.07 Å². The van der Waals surface area contributed by atoms with Crippen LogP contribution in [0.15, 0.2) is 48.5 Å². The highest BCUT2D eigenvalue weighted by Crippen LogP contribution is 2.30. The van der Waals surface area contributed by atoms with Gasteiger partial charge in [-0.25, -0.2) is 0 Å². The lowest BCUT2D eigenvalue weighted by Crippen LogP contribution is -1.77. The number of aromatic nitrogens is 2. The summed E-state index contributed by atoms with van der Waals surface area (Å²) in [7, 11) is 0. The molecule has 3 nitrogen and oxygen atoms in total. The molecule has 0 fully saturated rings. The third kappa shape index (κ3) is 1.26. The Balaban J connectivity index is 2.30. The highest BCUT2D eigenvalue weighted by atomic mass is 16.3. The normalized spacial score (nSPS) is 10.8. The molecule has 0 radical (unpaired) electrons. The van der Waals surface area contributed by atoms with E-state index in [1.807, 2.05) is 42.5 Å². The van der Waals surface area contributed by atoms with E-state index < -0.39 is 0 Å². The van der Waals surface area contributed by atoms with Crippen LogP contribution < -0.4 is 0 Å². The van der Waals surface area contributed by atoms with Gasteiger partial charge in [0.05, 0.1) is 0 Å². The predicted molar refractivity (Wildman–Crippen MR) is 63.2 cm³/mol. The van der Waals surface area contributed by atoms with Gasteiger partial charge in [0.2, 0.25) is 0 Å². The zero-order valence-corrected chi connectivity index (χ0v) is 8.51. The van der Waals surface area contributed by atoms with Crippen LogP contribution in [-0.4, -0.2) is 15.3 Å². The molecule has 0 unspecified atom stereocenters. The number of fused-ring (bicyclic) bond motifs is 1. The van der Waals surface area contributed by atoms with Crippen molar-refractivity contribution in [2.75, 3.05) is 0 Å². The summed E-state index contributed by atoms with van der Waals surface area (Å²) in [5, 5.41) is 17.7. The largest absolute Gasteiger partial charge is 0.506 e. The average molecular weight is 210 g/mol. The van der Waals surface area contributed by atoms with E-state index in [1.165, 1.54) is 0 Å². The van der Waals surface area contributed by atoms with Crippen LogP contribution in [0.1, 0.15) is 0 Å². The quantitative estimate of drug-likeness (QED) is 0.648. The third-order valence-corrected chi connectivity index (χ3v) is 2.62. The summed E-state index contributed by atoms with van der Waals surface area (Å²) in [6.07, 6.45) is 0. The number of H-pyrrole nitrogens is 1. The van der Waals surface area contributed by atoms with Crippen LogP contribution in [0.4, 0.5) is 0 Å². The van der Waals surface area contributed by atoms with E-state index in [0.717, 1.165) is 16.6 Å². The lowest BCUT2D eigenvalue weighted by atomic mass is 10.1. The first-order chi connectivity index (χ1) is 7.86. The Morgan fingerprint density at radius 1 is 0.938 bits per heavy atom. The molecule has 2 aromatic carbocycles. The molecule has 3 rings (SSSR count). The van der Waals surface area contributed by atoms with Crippen LogP contribution in [0, 0.1) is 0 Å². The van der Waals surface area contributed by atoms with Crippen molar-refractivity contribution in [3.05, 3.63) is 48.5 Å². The maximum atomic E-state index is 9.66. The summed E-state index contributed by atoms with van der Waals surface area (Å²) < 4.78 is 0. The predicted octanol–water partition coefficient (Wildman–Crippen LogP) is 2.94. The summed E-state index contributed by atoms with van der Waals surface area (Å²) >= 11 is 0. The van der Waals surface area contributed by atoms with Gasteiger partial charge >= 0.3 is 0 Å². The fraction of sp³-hybridized carbons (Fsp3) is 0. The van der Waals surface area contributed by atoms with Crippen molar-refractivity contribution in [3.8, 4) is 17.0 Å². The lowest BCUT2D eigenvalue weighted by molar-refractivity contribution is 0.480. The molecule has 3 heteroatoms. The first-order valence-corrected chi connectivity index (χ1v) is 5.08. The van der Waals surface area contributed by atoms with Gasteiger partial charge in [0.25, 0.3) is 0 Å². The minimum atomic E-state index is 0.229. The zero-order valence-electron chi connectivity index (χ0n) is 8.51. The molecule has 0 aliphatic carbocycles. The van der Waals surface area contributed by atoms with Crippen LogP contribution in [0.25, 0.3) is 22.2 Å². The Bertz CT molecular complexity index is 629. The second-order valence-corrected chi connectivity index (χ2v) is 3.64. The molecule has 0 saturated carbocycles. The van der Waals surface area contributed by atoms with Crippen molar-refractivity contribution in [2.45, 2.75) is 0 Å². The number of aromatic hydroxyl groups is 1. The standard InChI is InChI=1S/C13H10N2O/c16-11-8-4-7-10-12(14-15-13(10)11)9-5-2-1-3-6-9/h1-8,16H,(H,14,15). The van der Waals surface area contributed by atoms with Crippen molar-refractivity contribution in [3.63, 3.8) is 0 Å². The second-order valence-electron chi connectivity index (χ2n) is 3.64. The van der Waals surface area contributed by atoms with Gasteiger partial charge in [-0.15, -0.1) is 0 Å². The van der Waals surface area contributed by atoms with E-state index >= 15 is 0 Å². The van der Waals surface area contributed by atoms with Gasteiger partial charge < -0.3 is 5.11 Å². The molecule has 3 aromatic rings. The van der Waals surface area contributed by atoms with E-state index in [-0.39, 0.29) is 5.75 Å². The van der Waals surface area contributed by atoms with Crippen molar-refractivity contribution in [1.29, 1.82) is 0 Å². The number of nitrogens with one attached hydrogen (secondary N) is 1. The minimum Gasteiger partial charge on any atom is -0.506 e. The molecule has 0 aliphatic rings. The Morgan fingerprint density at radius 3 is 2.56 bits per heavy atom. The number of benzene rings is 2. The molecule has 1 heterocycles. The number of phenols is 1. The van der Waals surface area contributed by atoms with Crippen LogP contribution in [0.3, 0.4) is 0 Å². The lowest BCUT2D eigenvalue weighted by Gasteiger charge is -1.97. The zero-order chi connectivity index (χ0) is 11.0. The van der Waals surface area contributed by atoms with Crippen LogP contribution in [-0.2, 0) is 0 Å². The Kier molecular flexibility index (Phi) is 1.90. The Hall–Kier alpha value is -2.29. The number of nitrogens with zero attached hydrogens (tertiary/aromatic N) is 1. The Morgan fingerprint density at radius 2 is 1.75 bits per heavy atom. The molecule has 0 bridgehead atoms. The van der Waals surface area contributed by atoms with E-state index in [0.29, 0.717) is 5.52 Å². The maximum absolute atomic E-state index is 9.66. The van der Waals surface area contributed by atoms with Crippen molar-refractivity contribution < 1.29 is 5.11 Å². The van der Waals surface area contributed by atoms with Crippen molar-refractivity contribution >= 4 is 10.9 Å². The fourth-order valence-corrected chi connectivity index (χ4v) is 1.84. The molecule has 0 atom stereocenters. The van der Waals surface area contributed by atoms with E-state index in [2.05, 4.69) is 10.2 Å². The van der Waals surface area contributed by atoms with Gasteiger partial charge in [-0.3, -0.25) is 5.10 Å². The number of phenolic OH excluding ortho intramolecular Hbond substituents is 1. The summed E-state index contributed by atoms with van der Waals surface area (Å²) in [6, 6.07) is 15.3. The van der Waals surface area contributed by atoms with Gasteiger partial charge in [-0.2, -0.15) is 5.10 Å². The smallest absolute Gasteiger partial charge is 0.141 e. The highest BCUT2D eigenvalue weighted by molar-refractivity contribution is 5.95. The molecule has 0 amide bonds. The molecule has 1 aromatic heterocycles. The number of para-hydroxylation sites is 1. The summed E-state index contributed by atoms with van der Waals surface area (Å²) in [5.74, 6) is 0.229. The average Bonchev–Trinajstić information content (AvgIpc) is 2.75. The SMILES string of the molecule is Oc1cccc2c(-c3ccccc3)n[nH]c12. The molecular formula is C13H10N2O. The first-order valence-electron chi connectivity index (χ1n) is 5.08. The van der Waals surface area contributed by atoms with Crippen molar-refractivity contribution in [2.24, 2.45) is 0 Å². The minimum absolute atomic E-state index is 0.229. The number of hydrogen-bond acceptors (Lipinski definition) is 2. The van der Waals surface area contributed by atoms with Crippen LogP contribution >= 0.6 is 0 Å². The third-order valence-electron chi connectivity index (χ3n) is 2.62. The summed E-state index contributed by atoms with van der Waals surface area (Å²) in [6.45, 7) is 0. The molecule has 0 aliphatic heterocycles. The van der Waals surface area contributed by atoms with Gasteiger partial charge in [0.15, 0.2) is 0 Å². The molecule has 16 heavy (non-hydrogen) atoms. The van der Waals surface area contributed by atoms with Crippen LogP contribution in [0.2, 0.25) is 0 Å². The number of rotatable bonds is 1. The Labute approximate surface area is 92.4 Å². The monoisotopic (exact) mass is 210 g/mol. The molecule has 2 N–H and O–H groups in total. The number of hydrogen-bond donors (Lipinski definition) is 2. The maximum Gasteiger partial charge on any atom is 0.141 e. The topological polar surface area (TPSA) is 48.9 Å². The van der Waals surface area contributed by atoms with E-state index in [1.54, 1.807) is 6.07 Å². The highest BCUT2D eigenvalue weighted by Gasteiger charge is 2.09. The summed E-state index contributed by atoms with van der Waals surface area (Å²) in [5.41, 5.74) is 2.59. The van der Waals surface area contributed by atoms with Gasteiger partial charge in [0.1, 0.15) is 17.0 Å². The number of aromatic amines is 1. The van der Waals surface area contributed by atoms with Crippen LogP contribution in [0.5, 0.6) is 5.75 Å². The first kappa shape index (κ1) is 8.97. The van der Waals surface area contributed by atoms with Gasteiger partial charge in [0, 0.05) is 10.9 Å². The van der Waals surface area contributed by atoms with Crippen molar-refractivity contribution in [1.82, 2.24) is 10.2 Å².